The van der Waals surface area contributed by atoms with Gasteiger partial charge in [0.25, 0.3) is 0 Å². The molecule has 3 aromatic rings. The number of rotatable bonds is 8. The highest BCUT2D eigenvalue weighted by atomic mass is 35.5. The lowest BCUT2D eigenvalue weighted by atomic mass is 10.1. The Hall–Kier alpha value is -3.05. The Morgan fingerprint density at radius 2 is 2.03 bits per heavy atom. The van der Waals surface area contributed by atoms with Crippen LogP contribution in [-0.2, 0) is 16.1 Å². The minimum Gasteiger partial charge on any atom is -0.482 e. The molecule has 2 aromatic carbocycles. The molecule has 0 aliphatic carbocycles. The lowest BCUT2D eigenvalue weighted by Gasteiger charge is -2.15. The predicted octanol–water partition coefficient (Wildman–Crippen LogP) is 5.27. The summed E-state index contributed by atoms with van der Waals surface area (Å²) in [5.41, 5.74) is 4.53. The summed E-state index contributed by atoms with van der Waals surface area (Å²) in [5, 5.41) is 1.47. The molecule has 0 bridgehead atoms. The molecule has 0 aliphatic rings. The SMILES string of the molecule is C=CCOC(=O)c1ccc2c(c1)c(C)c(C)n2Cc1cccc(O[C@@H](C)C=O)c1Cl. The number of esters is 1. The minimum atomic E-state index is -0.576. The van der Waals surface area contributed by atoms with Gasteiger partial charge in [-0.15, -0.1) is 0 Å². The van der Waals surface area contributed by atoms with Crippen molar-refractivity contribution in [3.05, 3.63) is 76.5 Å². The van der Waals surface area contributed by atoms with Gasteiger partial charge >= 0.3 is 5.97 Å². The van der Waals surface area contributed by atoms with Crippen LogP contribution < -0.4 is 4.74 Å². The maximum atomic E-state index is 12.2. The second kappa shape index (κ2) is 9.18. The van der Waals surface area contributed by atoms with Gasteiger partial charge in [0, 0.05) is 23.1 Å². The monoisotopic (exact) mass is 425 g/mol. The number of hydrogen-bond donors (Lipinski definition) is 0. The number of fused-ring (bicyclic) bond motifs is 1. The molecular weight excluding hydrogens is 402 g/mol. The van der Waals surface area contributed by atoms with E-state index in [4.69, 9.17) is 21.1 Å². The van der Waals surface area contributed by atoms with Crippen molar-refractivity contribution in [1.29, 1.82) is 0 Å². The van der Waals surface area contributed by atoms with E-state index in [1.165, 1.54) is 0 Å². The van der Waals surface area contributed by atoms with E-state index in [9.17, 15) is 9.59 Å². The molecule has 0 N–H and O–H groups in total. The molecular formula is C24H24ClNO4. The Labute approximate surface area is 180 Å². The first-order valence-electron chi connectivity index (χ1n) is 9.64. The summed E-state index contributed by atoms with van der Waals surface area (Å²) >= 11 is 6.56. The molecule has 1 aromatic heterocycles. The van der Waals surface area contributed by atoms with E-state index in [-0.39, 0.29) is 12.6 Å². The third-order valence-electron chi connectivity index (χ3n) is 5.08. The molecule has 0 saturated carbocycles. The van der Waals surface area contributed by atoms with E-state index < -0.39 is 6.10 Å². The van der Waals surface area contributed by atoms with Gasteiger partial charge in [-0.3, -0.25) is 4.79 Å². The smallest absolute Gasteiger partial charge is 0.338 e. The summed E-state index contributed by atoms with van der Waals surface area (Å²) < 4.78 is 12.9. The van der Waals surface area contributed by atoms with Crippen LogP contribution >= 0.6 is 11.6 Å². The van der Waals surface area contributed by atoms with Crippen LogP contribution in [0.15, 0.2) is 49.1 Å². The number of benzene rings is 2. The highest BCUT2D eigenvalue weighted by Gasteiger charge is 2.17. The van der Waals surface area contributed by atoms with Crippen molar-refractivity contribution in [2.24, 2.45) is 0 Å². The third kappa shape index (κ3) is 4.26. The normalized spacial score (nSPS) is 11.9. The van der Waals surface area contributed by atoms with Gasteiger partial charge in [-0.25, -0.2) is 4.79 Å². The molecule has 0 unspecified atom stereocenters. The minimum absolute atomic E-state index is 0.176. The van der Waals surface area contributed by atoms with Crippen LogP contribution in [0.4, 0.5) is 0 Å². The Kier molecular flexibility index (Phi) is 6.63. The second-order valence-electron chi connectivity index (χ2n) is 7.10. The number of carbonyl (C=O) groups is 2. The van der Waals surface area contributed by atoms with Crippen molar-refractivity contribution >= 4 is 34.8 Å². The number of hydrogen-bond acceptors (Lipinski definition) is 4. The Morgan fingerprint density at radius 3 is 2.73 bits per heavy atom. The highest BCUT2D eigenvalue weighted by molar-refractivity contribution is 6.32. The van der Waals surface area contributed by atoms with E-state index in [0.717, 1.165) is 34.0 Å². The van der Waals surface area contributed by atoms with Crippen LogP contribution in [0.3, 0.4) is 0 Å². The Morgan fingerprint density at radius 1 is 1.27 bits per heavy atom. The fourth-order valence-electron chi connectivity index (χ4n) is 3.37. The van der Waals surface area contributed by atoms with Crippen molar-refractivity contribution < 1.29 is 19.1 Å². The molecule has 1 heterocycles. The molecule has 0 fully saturated rings. The maximum absolute atomic E-state index is 12.2. The number of aldehydes is 1. The second-order valence-corrected chi connectivity index (χ2v) is 7.48. The largest absolute Gasteiger partial charge is 0.482 e. The molecule has 6 heteroatoms. The van der Waals surface area contributed by atoms with E-state index in [1.807, 2.05) is 38.1 Å². The highest BCUT2D eigenvalue weighted by Crippen LogP contribution is 2.32. The van der Waals surface area contributed by atoms with Crippen LogP contribution in [-0.4, -0.2) is 29.5 Å². The first-order valence-corrected chi connectivity index (χ1v) is 10.0. The Bertz CT molecular complexity index is 1120. The molecule has 0 radical (unpaired) electrons. The average molecular weight is 426 g/mol. The molecule has 0 spiro atoms. The van der Waals surface area contributed by atoms with Crippen molar-refractivity contribution in [3.8, 4) is 5.75 Å². The molecule has 3 rings (SSSR count). The first kappa shape index (κ1) is 21.7. The molecule has 0 saturated heterocycles. The van der Waals surface area contributed by atoms with Crippen LogP contribution in [0.25, 0.3) is 10.9 Å². The zero-order chi connectivity index (χ0) is 21.8. The number of carbonyl (C=O) groups excluding carboxylic acids is 2. The van der Waals surface area contributed by atoms with Crippen LogP contribution in [0.2, 0.25) is 5.02 Å². The van der Waals surface area contributed by atoms with Gasteiger partial charge in [0.2, 0.25) is 0 Å². The van der Waals surface area contributed by atoms with Crippen LogP contribution in [0, 0.1) is 13.8 Å². The van der Waals surface area contributed by atoms with Gasteiger partial charge in [0.1, 0.15) is 12.4 Å². The van der Waals surface area contributed by atoms with Gasteiger partial charge in [-0.2, -0.15) is 0 Å². The molecule has 1 atom stereocenters. The molecule has 0 amide bonds. The topological polar surface area (TPSA) is 57.5 Å². The number of aromatic nitrogens is 1. The number of halogens is 1. The van der Waals surface area contributed by atoms with Crippen molar-refractivity contribution in [2.45, 2.75) is 33.4 Å². The quantitative estimate of drug-likeness (QED) is 0.280. The zero-order valence-electron chi connectivity index (χ0n) is 17.3. The van der Waals surface area contributed by atoms with Crippen molar-refractivity contribution in [2.75, 3.05) is 6.61 Å². The Balaban J connectivity index is 1.98. The molecule has 30 heavy (non-hydrogen) atoms. The van der Waals surface area contributed by atoms with Crippen LogP contribution in [0.5, 0.6) is 5.75 Å². The summed E-state index contributed by atoms with van der Waals surface area (Å²) in [6, 6.07) is 11.1. The van der Waals surface area contributed by atoms with Gasteiger partial charge in [-0.05, 0) is 56.2 Å². The van der Waals surface area contributed by atoms with E-state index in [2.05, 4.69) is 11.1 Å². The van der Waals surface area contributed by atoms with Crippen molar-refractivity contribution in [3.63, 3.8) is 0 Å². The number of nitrogens with zero attached hydrogens (tertiary/aromatic N) is 1. The predicted molar refractivity (Wildman–Crippen MR) is 119 cm³/mol. The van der Waals surface area contributed by atoms with Crippen LogP contribution in [0.1, 0.15) is 34.1 Å². The van der Waals surface area contributed by atoms with E-state index >= 15 is 0 Å². The van der Waals surface area contributed by atoms with Gasteiger partial charge in [0.15, 0.2) is 12.4 Å². The van der Waals surface area contributed by atoms with Gasteiger partial charge in [0.05, 0.1) is 10.6 Å². The number of aryl methyl sites for hydroxylation is 1. The molecule has 156 valence electrons. The summed E-state index contributed by atoms with van der Waals surface area (Å²) in [4.78, 5) is 23.1. The lowest BCUT2D eigenvalue weighted by molar-refractivity contribution is -0.113. The lowest BCUT2D eigenvalue weighted by Crippen LogP contribution is -2.13. The molecule has 0 aliphatic heterocycles. The first-order chi connectivity index (χ1) is 14.4. The van der Waals surface area contributed by atoms with E-state index in [1.54, 1.807) is 25.1 Å². The zero-order valence-corrected chi connectivity index (χ0v) is 18.0. The van der Waals surface area contributed by atoms with Crippen molar-refractivity contribution in [1.82, 2.24) is 4.57 Å². The van der Waals surface area contributed by atoms with Gasteiger partial charge < -0.3 is 14.0 Å². The summed E-state index contributed by atoms with van der Waals surface area (Å²) in [7, 11) is 0. The van der Waals surface area contributed by atoms with E-state index in [0.29, 0.717) is 22.9 Å². The maximum Gasteiger partial charge on any atom is 0.338 e. The standard InChI is InChI=1S/C24H24ClNO4/c1-5-11-29-24(28)18-9-10-21-20(12-18)16(3)17(4)26(21)13-19-7-6-8-22(23(19)25)30-15(2)14-27/h5-10,12,14-15H,1,11,13H2,2-4H3/t15-/m0/s1. The third-order valence-corrected chi connectivity index (χ3v) is 5.51. The molecule has 5 nitrogen and oxygen atoms in total. The fourth-order valence-corrected chi connectivity index (χ4v) is 3.60. The fraction of sp³-hybridized carbons (Fsp3) is 0.250. The summed E-state index contributed by atoms with van der Waals surface area (Å²) in [5.74, 6) is 0.102. The average Bonchev–Trinajstić information content (AvgIpc) is 2.98. The number of ether oxygens (including phenoxy) is 2. The summed E-state index contributed by atoms with van der Waals surface area (Å²) in [6.45, 7) is 10.00. The summed E-state index contributed by atoms with van der Waals surface area (Å²) in [6.07, 6.45) is 1.70. The van der Waals surface area contributed by atoms with Gasteiger partial charge in [-0.1, -0.05) is 36.4 Å².